The number of urea groups is 1. The molecule has 4 aromatic rings. The number of nitrogens with two attached hydrogens (primary N) is 1. The number of halogens is 1. The van der Waals surface area contributed by atoms with Gasteiger partial charge in [0.25, 0.3) is 0 Å². The van der Waals surface area contributed by atoms with Gasteiger partial charge in [0.05, 0.1) is 5.92 Å². The topological polar surface area (TPSA) is 154 Å². The van der Waals surface area contributed by atoms with E-state index in [1.807, 2.05) is 84.9 Å². The molecule has 0 spiro atoms. The summed E-state index contributed by atoms with van der Waals surface area (Å²) in [6, 6.07) is 25.2. The normalized spacial score (nSPS) is 11.2. The first-order valence-corrected chi connectivity index (χ1v) is 13.5. The third kappa shape index (κ3) is 9.91. The quantitative estimate of drug-likeness (QED) is 0.0877. The molecule has 0 aliphatic heterocycles. The monoisotopic (exact) mass is 681 g/mol. The lowest BCUT2D eigenvalue weighted by Crippen LogP contribution is -2.48. The summed E-state index contributed by atoms with van der Waals surface area (Å²) >= 11 is 0. The van der Waals surface area contributed by atoms with Gasteiger partial charge in [-0.1, -0.05) is 84.9 Å². The zero-order valence-electron chi connectivity index (χ0n) is 23.1. The summed E-state index contributed by atoms with van der Waals surface area (Å²) in [7, 11) is 0. The lowest BCUT2D eigenvalue weighted by molar-refractivity contribution is -0.129. The molecule has 4 amide bonds. The second-order valence-electron chi connectivity index (χ2n) is 9.57. The van der Waals surface area contributed by atoms with E-state index in [4.69, 9.17) is 5.73 Å². The van der Waals surface area contributed by atoms with E-state index in [1.165, 1.54) is 0 Å². The molecule has 3 aromatic carbocycles. The number of anilines is 1. The van der Waals surface area contributed by atoms with Crippen LogP contribution in [0.25, 0.3) is 0 Å². The Hall–Kier alpha value is -4.39. The van der Waals surface area contributed by atoms with Crippen molar-refractivity contribution in [2.45, 2.75) is 37.9 Å². The highest BCUT2D eigenvalue weighted by Gasteiger charge is 2.27. The minimum Gasteiger partial charge on any atom is -0.356 e. The molecular weight excluding hydrogens is 645 g/mol. The van der Waals surface area contributed by atoms with Crippen LogP contribution in [0.4, 0.5) is 10.7 Å². The first-order chi connectivity index (χ1) is 20.0. The van der Waals surface area contributed by atoms with Crippen molar-refractivity contribution in [3.05, 3.63) is 120 Å². The Morgan fingerprint density at radius 1 is 0.786 bits per heavy atom. The van der Waals surface area contributed by atoms with Gasteiger partial charge < -0.3 is 32.0 Å². The highest BCUT2D eigenvalue weighted by Crippen LogP contribution is 2.25. The molecule has 0 fully saturated rings. The molecule has 0 bridgehead atoms. The fourth-order valence-corrected chi connectivity index (χ4v) is 4.46. The van der Waals surface area contributed by atoms with Crippen molar-refractivity contribution >= 4 is 47.8 Å². The van der Waals surface area contributed by atoms with Gasteiger partial charge in [-0.15, -0.1) is 24.0 Å². The van der Waals surface area contributed by atoms with Crippen LogP contribution >= 0.6 is 24.0 Å². The van der Waals surface area contributed by atoms with Crippen molar-refractivity contribution in [2.24, 2.45) is 5.73 Å². The van der Waals surface area contributed by atoms with Crippen LogP contribution < -0.4 is 27.0 Å². The van der Waals surface area contributed by atoms with E-state index in [-0.39, 0.29) is 35.8 Å². The largest absolute Gasteiger partial charge is 0.356 e. The number of aromatic amines is 1. The average molecular weight is 682 g/mol. The average Bonchev–Trinajstić information content (AvgIpc) is 3.52. The second-order valence-corrected chi connectivity index (χ2v) is 9.57. The van der Waals surface area contributed by atoms with E-state index in [0.29, 0.717) is 38.4 Å². The lowest BCUT2D eigenvalue weighted by atomic mass is 9.90. The molecule has 1 atom stereocenters. The van der Waals surface area contributed by atoms with E-state index >= 15 is 0 Å². The first kappa shape index (κ1) is 32.1. The van der Waals surface area contributed by atoms with Crippen LogP contribution in [0.2, 0.25) is 0 Å². The van der Waals surface area contributed by atoms with Gasteiger partial charge >= 0.3 is 6.03 Å². The van der Waals surface area contributed by atoms with E-state index in [0.717, 1.165) is 22.3 Å². The smallest absolute Gasteiger partial charge is 0.312 e. The summed E-state index contributed by atoms with van der Waals surface area (Å²) in [6.07, 6.45) is 4.45. The Labute approximate surface area is 262 Å². The standard InChI is InChI=1S/C31H35N7O3.HI/c32-30(41)37-21-23-15-13-22(14-16-23)20-36-28(39)26(12-7-17-33-31-34-18-19-35-31)38-29(40)27(24-8-3-1-4-9-24)25-10-5-2-6-11-25;/h1-6,8-11,13-16,18-19,26-27H,7,12,17,20-21H2,(H,36,39)(H,38,40)(H3,32,37,41)(H2,33,34,35);1H/t26-;/m1./s1. The maximum atomic E-state index is 13.7. The molecule has 4 rings (SSSR count). The molecule has 0 aliphatic carbocycles. The summed E-state index contributed by atoms with van der Waals surface area (Å²) in [6.45, 7) is 1.20. The fourth-order valence-electron chi connectivity index (χ4n) is 4.46. The highest BCUT2D eigenvalue weighted by molar-refractivity contribution is 14.0. The molecule has 0 saturated carbocycles. The molecule has 1 heterocycles. The third-order valence-electron chi connectivity index (χ3n) is 6.58. The van der Waals surface area contributed by atoms with Gasteiger partial charge in [0.1, 0.15) is 6.04 Å². The molecule has 42 heavy (non-hydrogen) atoms. The number of benzene rings is 3. The lowest BCUT2D eigenvalue weighted by Gasteiger charge is -2.23. The van der Waals surface area contributed by atoms with E-state index < -0.39 is 18.0 Å². The van der Waals surface area contributed by atoms with E-state index in [1.54, 1.807) is 12.4 Å². The number of aromatic nitrogens is 2. The number of amides is 4. The molecule has 0 unspecified atom stereocenters. The highest BCUT2D eigenvalue weighted by atomic mass is 127. The Morgan fingerprint density at radius 2 is 1.36 bits per heavy atom. The zero-order valence-corrected chi connectivity index (χ0v) is 25.4. The van der Waals surface area contributed by atoms with Crippen LogP contribution in [0.5, 0.6) is 0 Å². The Morgan fingerprint density at radius 3 is 1.88 bits per heavy atom. The summed E-state index contributed by atoms with van der Waals surface area (Å²) in [5, 5.41) is 11.7. The van der Waals surface area contributed by atoms with Crippen LogP contribution in [0.3, 0.4) is 0 Å². The predicted octanol–water partition coefficient (Wildman–Crippen LogP) is 4.02. The minimum atomic E-state index is -0.741. The molecule has 0 saturated heterocycles. The van der Waals surface area contributed by atoms with Crippen molar-refractivity contribution in [1.29, 1.82) is 0 Å². The van der Waals surface area contributed by atoms with Crippen molar-refractivity contribution in [3.63, 3.8) is 0 Å². The molecule has 10 nitrogen and oxygen atoms in total. The number of nitrogens with one attached hydrogen (secondary N) is 5. The summed E-state index contributed by atoms with van der Waals surface area (Å²) in [4.78, 5) is 45.2. The fraction of sp³-hybridized carbons (Fsp3) is 0.226. The van der Waals surface area contributed by atoms with E-state index in [2.05, 4.69) is 31.2 Å². The van der Waals surface area contributed by atoms with Gasteiger partial charge in [-0.3, -0.25) is 9.59 Å². The molecule has 0 aliphatic rings. The molecule has 11 heteroatoms. The Kier molecular flexibility index (Phi) is 12.8. The predicted molar refractivity (Wildman–Crippen MR) is 173 cm³/mol. The molecule has 1 aromatic heterocycles. The van der Waals surface area contributed by atoms with Gasteiger partial charge in [-0.2, -0.15) is 0 Å². The summed E-state index contributed by atoms with van der Waals surface area (Å²) in [5.41, 5.74) is 8.60. The number of nitrogens with zero attached hydrogens (tertiary/aromatic N) is 1. The van der Waals surface area contributed by atoms with Gasteiger partial charge in [-0.05, 0) is 35.1 Å². The van der Waals surface area contributed by atoms with Crippen LogP contribution in [-0.4, -0.2) is 40.4 Å². The minimum absolute atomic E-state index is 0. The van der Waals surface area contributed by atoms with Gasteiger partial charge in [-0.25, -0.2) is 9.78 Å². The Balaban J connectivity index is 0.00000484. The maximum absolute atomic E-state index is 13.7. The molecule has 220 valence electrons. The number of rotatable bonds is 14. The summed E-state index contributed by atoms with van der Waals surface area (Å²) in [5.74, 6) is -0.420. The van der Waals surface area contributed by atoms with Crippen LogP contribution in [0.15, 0.2) is 97.3 Å². The third-order valence-corrected chi connectivity index (χ3v) is 6.58. The molecule has 0 radical (unpaired) electrons. The van der Waals surface area contributed by atoms with Gasteiger partial charge in [0, 0.05) is 32.0 Å². The Bertz CT molecular complexity index is 1350. The zero-order chi connectivity index (χ0) is 28.9. The number of carbonyl (C=O) groups excluding carboxylic acids is 3. The second kappa shape index (κ2) is 16.8. The van der Waals surface area contributed by atoms with Crippen molar-refractivity contribution < 1.29 is 14.4 Å². The number of hydrogen-bond donors (Lipinski definition) is 6. The van der Waals surface area contributed by atoms with Crippen molar-refractivity contribution in [3.8, 4) is 0 Å². The molecular formula is C31H36IN7O3. The number of primary amides is 1. The van der Waals surface area contributed by atoms with Crippen molar-refractivity contribution in [2.75, 3.05) is 11.9 Å². The van der Waals surface area contributed by atoms with Gasteiger partial charge in [0.15, 0.2) is 5.95 Å². The molecule has 7 N–H and O–H groups in total. The first-order valence-electron chi connectivity index (χ1n) is 13.5. The number of imidazole rings is 1. The van der Waals surface area contributed by atoms with Crippen LogP contribution in [-0.2, 0) is 22.7 Å². The summed E-state index contributed by atoms with van der Waals surface area (Å²) < 4.78 is 0. The van der Waals surface area contributed by atoms with Crippen LogP contribution in [0, 0.1) is 0 Å². The SMILES string of the molecule is I.NC(=O)NCc1ccc(CNC(=O)[C@@H](CCCNc2ncc[nH]2)NC(=O)C(c2ccccc2)c2ccccc2)cc1. The van der Waals surface area contributed by atoms with Crippen molar-refractivity contribution in [1.82, 2.24) is 25.9 Å². The van der Waals surface area contributed by atoms with Crippen LogP contribution in [0.1, 0.15) is 41.0 Å². The number of H-pyrrole nitrogens is 1. The number of hydrogen-bond acceptors (Lipinski definition) is 5. The maximum Gasteiger partial charge on any atom is 0.312 e. The van der Waals surface area contributed by atoms with Gasteiger partial charge in [0.2, 0.25) is 11.8 Å². The van der Waals surface area contributed by atoms with E-state index in [9.17, 15) is 14.4 Å². The number of carbonyl (C=O) groups is 3.